The number of carbonyl (C=O) groups is 1. The van der Waals surface area contributed by atoms with Crippen molar-refractivity contribution in [2.24, 2.45) is 0 Å². The first kappa shape index (κ1) is 19.2. The van der Waals surface area contributed by atoms with Gasteiger partial charge in [0.15, 0.2) is 0 Å². The van der Waals surface area contributed by atoms with Crippen LogP contribution in [0.4, 0.5) is 0 Å². The molecule has 1 saturated heterocycles. The predicted octanol–water partition coefficient (Wildman–Crippen LogP) is 2.65. The molecule has 1 aliphatic heterocycles. The lowest BCUT2D eigenvalue weighted by Gasteiger charge is -2.11. The van der Waals surface area contributed by atoms with E-state index < -0.39 is 0 Å². The van der Waals surface area contributed by atoms with E-state index in [0.717, 1.165) is 31.1 Å². The SMILES string of the molecule is Cl.Cl.O=C(NCCCn1ccc2ccccc21)C1CSCN1. The summed E-state index contributed by atoms with van der Waals surface area (Å²) in [5.74, 6) is 1.90. The number of thioether (sulfide) groups is 1. The second-order valence-corrected chi connectivity index (χ2v) is 6.01. The average Bonchev–Trinajstić information content (AvgIpc) is 3.13. The van der Waals surface area contributed by atoms with E-state index in [2.05, 4.69) is 51.7 Å². The Kier molecular flexibility index (Phi) is 8.10. The molecule has 1 amide bonds. The second kappa shape index (κ2) is 9.30. The Bertz CT molecular complexity index is 599. The van der Waals surface area contributed by atoms with Crippen molar-refractivity contribution < 1.29 is 4.79 Å². The molecule has 0 saturated carbocycles. The number of nitrogens with zero attached hydrogens (tertiary/aromatic N) is 1. The molecule has 0 bridgehead atoms. The monoisotopic (exact) mass is 361 g/mol. The van der Waals surface area contributed by atoms with Gasteiger partial charge in [-0.3, -0.25) is 10.1 Å². The Labute approximate surface area is 147 Å². The van der Waals surface area contributed by atoms with E-state index in [4.69, 9.17) is 0 Å². The Morgan fingerprint density at radius 2 is 2.14 bits per heavy atom. The molecule has 1 aromatic heterocycles. The zero-order chi connectivity index (χ0) is 13.8. The number of benzene rings is 1. The number of hydrogen-bond donors (Lipinski definition) is 2. The van der Waals surface area contributed by atoms with Gasteiger partial charge >= 0.3 is 0 Å². The van der Waals surface area contributed by atoms with E-state index in [1.54, 1.807) is 11.8 Å². The molecule has 0 radical (unpaired) electrons. The first-order valence-electron chi connectivity index (χ1n) is 6.97. The van der Waals surface area contributed by atoms with Crippen LogP contribution in [0.25, 0.3) is 10.9 Å². The van der Waals surface area contributed by atoms with Crippen LogP contribution in [0.15, 0.2) is 36.5 Å². The fourth-order valence-electron chi connectivity index (χ4n) is 2.48. The van der Waals surface area contributed by atoms with Crippen molar-refractivity contribution in [1.29, 1.82) is 0 Å². The number of aromatic nitrogens is 1. The molecular weight excluding hydrogens is 341 g/mol. The average molecular weight is 362 g/mol. The number of rotatable bonds is 5. The zero-order valence-electron chi connectivity index (χ0n) is 12.2. The number of fused-ring (bicyclic) bond motifs is 1. The van der Waals surface area contributed by atoms with Crippen LogP contribution in [-0.4, -0.2) is 34.7 Å². The van der Waals surface area contributed by atoms with E-state index in [9.17, 15) is 4.79 Å². The summed E-state index contributed by atoms with van der Waals surface area (Å²) in [5.41, 5.74) is 1.26. The van der Waals surface area contributed by atoms with Crippen molar-refractivity contribution in [2.75, 3.05) is 18.2 Å². The van der Waals surface area contributed by atoms with E-state index in [0.29, 0.717) is 0 Å². The molecule has 3 rings (SSSR count). The van der Waals surface area contributed by atoms with Crippen molar-refractivity contribution in [3.63, 3.8) is 0 Å². The Hall–Kier alpha value is -0.880. The van der Waals surface area contributed by atoms with E-state index in [1.807, 2.05) is 0 Å². The van der Waals surface area contributed by atoms with Crippen LogP contribution >= 0.6 is 36.6 Å². The molecule has 22 heavy (non-hydrogen) atoms. The third-order valence-electron chi connectivity index (χ3n) is 3.59. The number of aryl methyl sites for hydroxylation is 1. The maximum absolute atomic E-state index is 11.8. The molecule has 1 fully saturated rings. The first-order valence-corrected chi connectivity index (χ1v) is 8.13. The van der Waals surface area contributed by atoms with Crippen molar-refractivity contribution in [3.8, 4) is 0 Å². The minimum Gasteiger partial charge on any atom is -0.355 e. The maximum atomic E-state index is 11.8. The summed E-state index contributed by atoms with van der Waals surface area (Å²) < 4.78 is 2.24. The molecule has 0 aliphatic carbocycles. The summed E-state index contributed by atoms with van der Waals surface area (Å²) in [7, 11) is 0. The molecule has 1 aromatic carbocycles. The van der Waals surface area contributed by atoms with Crippen LogP contribution in [0.5, 0.6) is 0 Å². The third-order valence-corrected chi connectivity index (χ3v) is 4.53. The summed E-state index contributed by atoms with van der Waals surface area (Å²) in [5, 5.41) is 7.46. The van der Waals surface area contributed by atoms with Crippen LogP contribution in [0.2, 0.25) is 0 Å². The highest BCUT2D eigenvalue weighted by Gasteiger charge is 2.21. The molecule has 1 atom stereocenters. The highest BCUT2D eigenvalue weighted by Crippen LogP contribution is 2.15. The number of amides is 1. The van der Waals surface area contributed by atoms with Crippen molar-refractivity contribution in [2.45, 2.75) is 19.0 Å². The molecular formula is C15H21Cl2N3OS. The number of para-hydroxylation sites is 1. The quantitative estimate of drug-likeness (QED) is 0.804. The molecule has 0 spiro atoms. The molecule has 1 aliphatic rings. The standard InChI is InChI=1S/C15H19N3OS.2ClH/c19-15(13-10-20-11-17-13)16-7-3-8-18-9-6-12-4-1-2-5-14(12)18;;/h1-2,4-6,9,13,17H,3,7-8,10-11H2,(H,16,19);2*1H. The number of nitrogens with one attached hydrogen (secondary N) is 2. The van der Waals surface area contributed by atoms with Crippen LogP contribution < -0.4 is 10.6 Å². The minimum atomic E-state index is -0.00703. The molecule has 2 heterocycles. The summed E-state index contributed by atoms with van der Waals surface area (Å²) >= 11 is 1.77. The predicted molar refractivity (Wildman–Crippen MR) is 98.3 cm³/mol. The smallest absolute Gasteiger partial charge is 0.238 e. The van der Waals surface area contributed by atoms with E-state index >= 15 is 0 Å². The topological polar surface area (TPSA) is 46.1 Å². The lowest BCUT2D eigenvalue weighted by Crippen LogP contribution is -2.42. The fraction of sp³-hybridized carbons (Fsp3) is 0.400. The Morgan fingerprint density at radius 3 is 2.91 bits per heavy atom. The van der Waals surface area contributed by atoms with Gasteiger partial charge < -0.3 is 9.88 Å². The Morgan fingerprint density at radius 1 is 1.32 bits per heavy atom. The van der Waals surface area contributed by atoms with Gasteiger partial charge in [-0.15, -0.1) is 36.6 Å². The minimum absolute atomic E-state index is 0. The second-order valence-electron chi connectivity index (χ2n) is 4.98. The highest BCUT2D eigenvalue weighted by atomic mass is 35.5. The van der Waals surface area contributed by atoms with Gasteiger partial charge in [0.2, 0.25) is 5.91 Å². The zero-order valence-corrected chi connectivity index (χ0v) is 14.6. The third kappa shape index (κ3) is 4.56. The summed E-state index contributed by atoms with van der Waals surface area (Å²) in [4.78, 5) is 11.8. The molecule has 2 aromatic rings. The van der Waals surface area contributed by atoms with Crippen LogP contribution in [0.1, 0.15) is 6.42 Å². The number of carbonyl (C=O) groups excluding carboxylic acids is 1. The Balaban J connectivity index is 0.00000121. The van der Waals surface area contributed by atoms with Crippen molar-refractivity contribution >= 4 is 53.4 Å². The lowest BCUT2D eigenvalue weighted by molar-refractivity contribution is -0.122. The fourth-order valence-corrected chi connectivity index (χ4v) is 3.43. The largest absolute Gasteiger partial charge is 0.355 e. The van der Waals surface area contributed by atoms with Gasteiger partial charge in [0, 0.05) is 36.4 Å². The van der Waals surface area contributed by atoms with Gasteiger partial charge in [0.25, 0.3) is 0 Å². The van der Waals surface area contributed by atoms with Gasteiger partial charge in [-0.25, -0.2) is 0 Å². The van der Waals surface area contributed by atoms with E-state index in [-0.39, 0.29) is 36.8 Å². The van der Waals surface area contributed by atoms with Crippen molar-refractivity contribution in [1.82, 2.24) is 15.2 Å². The highest BCUT2D eigenvalue weighted by molar-refractivity contribution is 7.99. The number of hydrogen-bond acceptors (Lipinski definition) is 3. The lowest BCUT2D eigenvalue weighted by atomic mass is 10.2. The summed E-state index contributed by atoms with van der Waals surface area (Å²) in [6.07, 6.45) is 3.06. The molecule has 122 valence electrons. The van der Waals surface area contributed by atoms with Crippen molar-refractivity contribution in [3.05, 3.63) is 36.5 Å². The maximum Gasteiger partial charge on any atom is 0.238 e. The van der Waals surface area contributed by atoms with Gasteiger partial charge in [-0.2, -0.15) is 0 Å². The van der Waals surface area contributed by atoms with Gasteiger partial charge in [0.05, 0.1) is 6.04 Å². The van der Waals surface area contributed by atoms with Crippen LogP contribution in [-0.2, 0) is 11.3 Å². The molecule has 4 nitrogen and oxygen atoms in total. The van der Waals surface area contributed by atoms with Crippen LogP contribution in [0.3, 0.4) is 0 Å². The number of halogens is 2. The first-order chi connectivity index (χ1) is 9.84. The van der Waals surface area contributed by atoms with Gasteiger partial charge in [-0.1, -0.05) is 18.2 Å². The van der Waals surface area contributed by atoms with Gasteiger partial charge in [-0.05, 0) is 23.9 Å². The molecule has 7 heteroatoms. The normalized spacial score (nSPS) is 16.8. The summed E-state index contributed by atoms with van der Waals surface area (Å²) in [6, 6.07) is 10.5. The molecule has 1 unspecified atom stereocenters. The molecule has 2 N–H and O–H groups in total. The van der Waals surface area contributed by atoms with E-state index in [1.165, 1.54) is 10.9 Å². The summed E-state index contributed by atoms with van der Waals surface area (Å²) in [6.45, 7) is 1.66. The van der Waals surface area contributed by atoms with Crippen LogP contribution in [0, 0.1) is 0 Å². The van der Waals surface area contributed by atoms with Gasteiger partial charge in [0.1, 0.15) is 0 Å².